The van der Waals surface area contributed by atoms with E-state index >= 15 is 0 Å². The van der Waals surface area contributed by atoms with Crippen LogP contribution >= 0.6 is 0 Å². The van der Waals surface area contributed by atoms with E-state index in [2.05, 4.69) is 11.3 Å². The molecule has 0 aromatic carbocycles. The molecule has 0 unspecified atom stereocenters. The predicted molar refractivity (Wildman–Crippen MR) is 35.0 cm³/mol. The summed E-state index contributed by atoms with van der Waals surface area (Å²) in [5.74, 6) is 0. The zero-order chi connectivity index (χ0) is 6.24. The second-order valence-electron chi connectivity index (χ2n) is 1.63. The highest BCUT2D eigenvalue weighted by atomic mass is 32.1. The molecule has 0 atom stereocenters. The molecule has 3 heteroatoms. The summed E-state index contributed by atoms with van der Waals surface area (Å²) in [6, 6.07) is 0. The molecule has 0 bridgehead atoms. The molecular formula is C5H11NOS. The summed E-state index contributed by atoms with van der Waals surface area (Å²) < 4.78 is 13.2. The molecule has 0 radical (unpaired) electrons. The zero-order valence-corrected chi connectivity index (χ0v) is 5.91. The van der Waals surface area contributed by atoms with Gasteiger partial charge in [-0.25, -0.2) is 0 Å². The Kier molecular flexibility index (Phi) is 6.67. The molecule has 0 spiro atoms. The van der Waals surface area contributed by atoms with Crippen LogP contribution in [0.1, 0.15) is 26.2 Å². The van der Waals surface area contributed by atoms with Crippen LogP contribution < -0.4 is 0 Å². The van der Waals surface area contributed by atoms with Crippen molar-refractivity contribution in [2.45, 2.75) is 26.2 Å². The van der Waals surface area contributed by atoms with Gasteiger partial charge in [0.15, 0.2) is 11.5 Å². The second-order valence-corrected chi connectivity index (χ2v) is 2.04. The molecule has 48 valence electrons. The number of nitrogens with zero attached hydrogens (tertiary/aromatic N) is 1. The van der Waals surface area contributed by atoms with Gasteiger partial charge in [0.25, 0.3) is 0 Å². The normalized spacial score (nSPS) is 8.62. The second kappa shape index (κ2) is 6.82. The predicted octanol–water partition coefficient (Wildman–Crippen LogP) is 1.57. The Balaban J connectivity index is 2.82. The van der Waals surface area contributed by atoms with E-state index in [9.17, 15) is 4.21 Å². The SMILES string of the molecule is CCCCCN=S=O. The van der Waals surface area contributed by atoms with Crippen molar-refractivity contribution in [3.8, 4) is 0 Å². The van der Waals surface area contributed by atoms with Gasteiger partial charge in [0, 0.05) is 0 Å². The van der Waals surface area contributed by atoms with Gasteiger partial charge in [-0.05, 0) is 6.42 Å². The maximum atomic E-state index is 9.64. The van der Waals surface area contributed by atoms with Crippen LogP contribution in [-0.4, -0.2) is 10.8 Å². The first-order valence-electron chi connectivity index (χ1n) is 2.87. The summed E-state index contributed by atoms with van der Waals surface area (Å²) in [4.78, 5) is 0. The summed E-state index contributed by atoms with van der Waals surface area (Å²) in [6.07, 6.45) is 3.44. The first-order chi connectivity index (χ1) is 3.91. The number of rotatable bonds is 4. The molecule has 0 rings (SSSR count). The van der Waals surface area contributed by atoms with Crippen molar-refractivity contribution in [1.82, 2.24) is 0 Å². The molecular weight excluding hydrogens is 122 g/mol. The molecule has 2 nitrogen and oxygen atoms in total. The third kappa shape index (κ3) is 5.82. The van der Waals surface area contributed by atoms with Crippen molar-refractivity contribution in [1.29, 1.82) is 0 Å². The van der Waals surface area contributed by atoms with Crippen molar-refractivity contribution in [3.63, 3.8) is 0 Å². The third-order valence-corrected chi connectivity index (χ3v) is 1.19. The maximum Gasteiger partial charge on any atom is 0.199 e. The van der Waals surface area contributed by atoms with E-state index in [-0.39, 0.29) is 0 Å². The highest BCUT2D eigenvalue weighted by Gasteiger charge is 1.79. The van der Waals surface area contributed by atoms with Gasteiger partial charge in [-0.1, -0.05) is 19.8 Å². The molecule has 0 saturated carbocycles. The van der Waals surface area contributed by atoms with Crippen LogP contribution in [0.2, 0.25) is 0 Å². The third-order valence-electron chi connectivity index (χ3n) is 0.906. The molecule has 0 fully saturated rings. The van der Waals surface area contributed by atoms with Gasteiger partial charge < -0.3 is 0 Å². The Morgan fingerprint density at radius 1 is 1.50 bits per heavy atom. The standard InChI is InChI=1S/C5H11NOS/c1-2-3-4-5-6-8-7/h2-5H2,1H3. The lowest BCUT2D eigenvalue weighted by molar-refractivity contribution is 0.691. The molecule has 0 amide bonds. The summed E-state index contributed by atoms with van der Waals surface area (Å²) in [5, 5.41) is 0. The first kappa shape index (κ1) is 7.82. The van der Waals surface area contributed by atoms with E-state index < -0.39 is 0 Å². The first-order valence-corrected chi connectivity index (χ1v) is 3.57. The lowest BCUT2D eigenvalue weighted by atomic mass is 10.3. The van der Waals surface area contributed by atoms with E-state index in [1.54, 1.807) is 0 Å². The van der Waals surface area contributed by atoms with Crippen molar-refractivity contribution in [3.05, 3.63) is 0 Å². The van der Waals surface area contributed by atoms with Gasteiger partial charge in [-0.2, -0.15) is 8.57 Å². The lowest BCUT2D eigenvalue weighted by Crippen LogP contribution is -1.77. The van der Waals surface area contributed by atoms with Crippen LogP contribution in [0, 0.1) is 0 Å². The molecule has 0 aliphatic heterocycles. The molecule has 8 heavy (non-hydrogen) atoms. The summed E-state index contributed by atoms with van der Waals surface area (Å²) >= 11 is 0.327. The monoisotopic (exact) mass is 133 g/mol. The maximum absolute atomic E-state index is 9.64. The minimum Gasteiger partial charge on any atom is -0.194 e. The van der Waals surface area contributed by atoms with E-state index in [1.807, 2.05) is 0 Å². The Bertz CT molecular complexity index is 88.4. The molecule has 0 heterocycles. The summed E-state index contributed by atoms with van der Waals surface area (Å²) in [7, 11) is 0. The Morgan fingerprint density at radius 3 is 2.75 bits per heavy atom. The molecule has 0 aromatic rings. The van der Waals surface area contributed by atoms with E-state index in [1.165, 1.54) is 12.8 Å². The Labute approximate surface area is 53.5 Å². The minimum absolute atomic E-state index is 0.327. The van der Waals surface area contributed by atoms with Gasteiger partial charge in [0.2, 0.25) is 0 Å². The van der Waals surface area contributed by atoms with Crippen LogP contribution in [0.25, 0.3) is 0 Å². The van der Waals surface area contributed by atoms with Crippen LogP contribution in [0.5, 0.6) is 0 Å². The Morgan fingerprint density at radius 2 is 2.25 bits per heavy atom. The van der Waals surface area contributed by atoms with Crippen molar-refractivity contribution >= 4 is 11.5 Å². The minimum atomic E-state index is 0.327. The fourth-order valence-corrected chi connectivity index (χ4v) is 0.667. The average molecular weight is 133 g/mol. The molecule has 0 aliphatic rings. The van der Waals surface area contributed by atoms with E-state index in [4.69, 9.17) is 0 Å². The quantitative estimate of drug-likeness (QED) is 0.535. The molecule has 0 aromatic heterocycles. The van der Waals surface area contributed by atoms with Crippen molar-refractivity contribution in [2.24, 2.45) is 4.36 Å². The van der Waals surface area contributed by atoms with Gasteiger partial charge in [0.05, 0.1) is 6.54 Å². The fraction of sp³-hybridized carbons (Fsp3) is 1.00. The molecule has 0 N–H and O–H groups in total. The zero-order valence-electron chi connectivity index (χ0n) is 5.09. The van der Waals surface area contributed by atoms with Gasteiger partial charge in [-0.3, -0.25) is 0 Å². The van der Waals surface area contributed by atoms with Crippen molar-refractivity contribution < 1.29 is 4.21 Å². The highest BCUT2D eigenvalue weighted by Crippen LogP contribution is 1.92. The summed E-state index contributed by atoms with van der Waals surface area (Å²) in [6.45, 7) is 2.85. The van der Waals surface area contributed by atoms with E-state index in [0.717, 1.165) is 13.0 Å². The largest absolute Gasteiger partial charge is 0.199 e. The average Bonchev–Trinajstić information content (AvgIpc) is 1.81. The van der Waals surface area contributed by atoms with Gasteiger partial charge >= 0.3 is 0 Å². The van der Waals surface area contributed by atoms with Gasteiger partial charge in [-0.15, -0.1) is 0 Å². The fourth-order valence-electron chi connectivity index (χ4n) is 0.464. The topological polar surface area (TPSA) is 29.4 Å². The van der Waals surface area contributed by atoms with Crippen LogP contribution in [0.15, 0.2) is 4.36 Å². The van der Waals surface area contributed by atoms with Gasteiger partial charge in [0.1, 0.15) is 0 Å². The highest BCUT2D eigenvalue weighted by molar-refractivity contribution is 7.54. The molecule has 0 saturated heterocycles. The van der Waals surface area contributed by atoms with Crippen LogP contribution in [-0.2, 0) is 11.5 Å². The van der Waals surface area contributed by atoms with Crippen molar-refractivity contribution in [2.75, 3.05) is 6.54 Å². The van der Waals surface area contributed by atoms with Crippen LogP contribution in [0.4, 0.5) is 0 Å². The Hall–Kier alpha value is -0.180. The number of hydrogen-bond donors (Lipinski definition) is 0. The molecule has 0 aliphatic carbocycles. The number of hydrogen-bond acceptors (Lipinski definition) is 2. The smallest absolute Gasteiger partial charge is 0.194 e. The number of unbranched alkanes of at least 4 members (excludes halogenated alkanes) is 2. The van der Waals surface area contributed by atoms with Crippen LogP contribution in [0.3, 0.4) is 0 Å². The summed E-state index contributed by atoms with van der Waals surface area (Å²) in [5.41, 5.74) is 0. The van der Waals surface area contributed by atoms with E-state index in [0.29, 0.717) is 11.5 Å². The lowest BCUT2D eigenvalue weighted by Gasteiger charge is -1.86.